The van der Waals surface area contributed by atoms with Crippen molar-refractivity contribution in [2.45, 2.75) is 4.90 Å². The third-order valence-electron chi connectivity index (χ3n) is 1.81. The molecule has 1 rings (SSSR count). The minimum absolute atomic E-state index is 0.339. The van der Waals surface area contributed by atoms with Gasteiger partial charge in [0, 0.05) is 21.7 Å². The van der Waals surface area contributed by atoms with E-state index < -0.39 is 16.8 Å². The Bertz CT molecular complexity index is 463. The molecule has 0 aromatic heterocycles. The minimum atomic E-state index is -1.13. The summed E-state index contributed by atoms with van der Waals surface area (Å²) < 4.78 is 11.7. The fourth-order valence-corrected chi connectivity index (χ4v) is 2.09. The predicted molar refractivity (Wildman–Crippen MR) is 68.6 cm³/mol. The first kappa shape index (κ1) is 13.7. The van der Waals surface area contributed by atoms with Crippen LogP contribution in [0.1, 0.15) is 0 Å². The molecule has 0 spiro atoms. The highest BCUT2D eigenvalue weighted by Crippen LogP contribution is 2.12. The highest BCUT2D eigenvalue weighted by atomic mass is 35.5. The molecule has 0 aliphatic heterocycles. The normalized spacial score (nSPS) is 13.2. The molecule has 0 bridgehead atoms. The number of aliphatic carboxylic acids is 1. The SMILES string of the molecule is O=C(O)C=CC=CCS(=O)c1ccc(Cl)cc1. The zero-order valence-electron chi connectivity index (χ0n) is 8.88. The molecule has 17 heavy (non-hydrogen) atoms. The molecule has 1 unspecified atom stereocenters. The molecular weight excluding hydrogens is 260 g/mol. The van der Waals surface area contributed by atoms with E-state index in [9.17, 15) is 9.00 Å². The second-order valence-corrected chi connectivity index (χ2v) is 5.02. The lowest BCUT2D eigenvalue weighted by atomic mass is 10.4. The zero-order valence-corrected chi connectivity index (χ0v) is 10.4. The standard InChI is InChI=1S/C12H11ClO3S/c13-10-5-7-11(8-6-10)17(16)9-3-1-2-4-12(14)15/h1-8H,9H2,(H,14,15). The van der Waals surface area contributed by atoms with E-state index in [0.717, 1.165) is 6.08 Å². The number of benzene rings is 1. The number of carbonyl (C=O) groups is 1. The fourth-order valence-electron chi connectivity index (χ4n) is 1.04. The molecule has 90 valence electrons. The molecule has 0 fully saturated rings. The Balaban J connectivity index is 2.50. The van der Waals surface area contributed by atoms with Crippen molar-refractivity contribution in [2.24, 2.45) is 0 Å². The van der Waals surface area contributed by atoms with E-state index >= 15 is 0 Å². The summed E-state index contributed by atoms with van der Waals surface area (Å²) in [6.07, 6.45) is 5.62. The first-order valence-corrected chi connectivity index (χ1v) is 6.49. The topological polar surface area (TPSA) is 54.4 Å². The third kappa shape index (κ3) is 5.47. The van der Waals surface area contributed by atoms with Crippen LogP contribution in [-0.2, 0) is 15.6 Å². The van der Waals surface area contributed by atoms with Crippen LogP contribution in [0.2, 0.25) is 5.02 Å². The summed E-state index contributed by atoms with van der Waals surface area (Å²) in [5.74, 6) is -0.667. The Kier molecular flexibility index (Phi) is 5.66. The van der Waals surface area contributed by atoms with Crippen LogP contribution in [0, 0.1) is 0 Å². The molecule has 1 atom stereocenters. The summed E-state index contributed by atoms with van der Waals surface area (Å²) in [5, 5.41) is 8.94. The number of carboxylic acids is 1. The van der Waals surface area contributed by atoms with Gasteiger partial charge in [-0.25, -0.2) is 4.79 Å². The van der Waals surface area contributed by atoms with Crippen LogP contribution in [0.3, 0.4) is 0 Å². The molecule has 1 aromatic carbocycles. The van der Waals surface area contributed by atoms with Crippen LogP contribution in [0.15, 0.2) is 53.5 Å². The van der Waals surface area contributed by atoms with Crippen LogP contribution in [0.5, 0.6) is 0 Å². The largest absolute Gasteiger partial charge is 0.478 e. The van der Waals surface area contributed by atoms with Gasteiger partial charge in [0.25, 0.3) is 0 Å². The van der Waals surface area contributed by atoms with Crippen LogP contribution in [-0.4, -0.2) is 21.0 Å². The summed E-state index contributed by atoms with van der Waals surface area (Å²) in [7, 11) is -1.13. The van der Waals surface area contributed by atoms with Crippen LogP contribution in [0.4, 0.5) is 0 Å². The minimum Gasteiger partial charge on any atom is -0.478 e. The lowest BCUT2D eigenvalue weighted by Gasteiger charge is -1.98. The van der Waals surface area contributed by atoms with Gasteiger partial charge in [-0.2, -0.15) is 0 Å². The van der Waals surface area contributed by atoms with Crippen LogP contribution < -0.4 is 0 Å². The first-order valence-electron chi connectivity index (χ1n) is 4.79. The molecule has 0 radical (unpaired) electrons. The van der Waals surface area contributed by atoms with Crippen molar-refractivity contribution in [3.05, 3.63) is 53.6 Å². The molecule has 1 N–H and O–H groups in total. The van der Waals surface area contributed by atoms with E-state index in [-0.39, 0.29) is 0 Å². The van der Waals surface area contributed by atoms with Gasteiger partial charge in [-0.15, -0.1) is 0 Å². The van der Waals surface area contributed by atoms with E-state index in [1.165, 1.54) is 6.08 Å². The molecule has 0 saturated carbocycles. The number of halogens is 1. The van der Waals surface area contributed by atoms with Crippen molar-refractivity contribution < 1.29 is 14.1 Å². The van der Waals surface area contributed by atoms with Crippen molar-refractivity contribution >= 4 is 28.4 Å². The smallest absolute Gasteiger partial charge is 0.328 e. The summed E-state index contributed by atoms with van der Waals surface area (Å²) in [6, 6.07) is 6.78. The Morgan fingerprint density at radius 1 is 1.29 bits per heavy atom. The number of rotatable bonds is 5. The van der Waals surface area contributed by atoms with Crippen LogP contribution >= 0.6 is 11.6 Å². The van der Waals surface area contributed by atoms with E-state index in [1.54, 1.807) is 36.4 Å². The van der Waals surface area contributed by atoms with Gasteiger partial charge >= 0.3 is 5.97 Å². The number of allylic oxidation sites excluding steroid dienone is 2. The molecule has 0 amide bonds. The Hall–Kier alpha value is -1.39. The molecule has 1 aromatic rings. The lowest BCUT2D eigenvalue weighted by Crippen LogP contribution is -1.94. The van der Waals surface area contributed by atoms with Gasteiger partial charge in [0.15, 0.2) is 0 Å². The molecule has 5 heteroatoms. The molecule has 0 saturated heterocycles. The maximum atomic E-state index is 11.7. The summed E-state index contributed by atoms with van der Waals surface area (Å²) in [4.78, 5) is 10.9. The summed E-state index contributed by atoms with van der Waals surface area (Å²) in [5.41, 5.74) is 0. The van der Waals surface area contributed by atoms with Gasteiger partial charge in [0.1, 0.15) is 0 Å². The number of hydrogen-bond acceptors (Lipinski definition) is 2. The van der Waals surface area contributed by atoms with Gasteiger partial charge < -0.3 is 5.11 Å². The van der Waals surface area contributed by atoms with E-state index in [2.05, 4.69) is 0 Å². The molecule has 0 heterocycles. The second kappa shape index (κ2) is 7.04. The molecule has 3 nitrogen and oxygen atoms in total. The van der Waals surface area contributed by atoms with Crippen molar-refractivity contribution in [3.8, 4) is 0 Å². The summed E-state index contributed by atoms with van der Waals surface area (Å²) >= 11 is 5.71. The van der Waals surface area contributed by atoms with Gasteiger partial charge in [-0.3, -0.25) is 4.21 Å². The molecular formula is C12H11ClO3S. The van der Waals surface area contributed by atoms with Crippen molar-refractivity contribution in [2.75, 3.05) is 5.75 Å². The Labute approximate surface area is 107 Å². The maximum Gasteiger partial charge on any atom is 0.328 e. The maximum absolute atomic E-state index is 11.7. The van der Waals surface area contributed by atoms with Crippen molar-refractivity contribution in [1.29, 1.82) is 0 Å². The Morgan fingerprint density at radius 2 is 1.94 bits per heavy atom. The van der Waals surface area contributed by atoms with Gasteiger partial charge in [-0.05, 0) is 24.3 Å². The van der Waals surface area contributed by atoms with E-state index in [4.69, 9.17) is 16.7 Å². The number of carboxylic acid groups (broad SMARTS) is 1. The third-order valence-corrected chi connectivity index (χ3v) is 3.36. The molecule has 0 aliphatic rings. The highest BCUT2D eigenvalue weighted by molar-refractivity contribution is 7.85. The van der Waals surface area contributed by atoms with Crippen molar-refractivity contribution in [3.63, 3.8) is 0 Å². The van der Waals surface area contributed by atoms with Crippen molar-refractivity contribution in [1.82, 2.24) is 0 Å². The van der Waals surface area contributed by atoms with Gasteiger partial charge in [0.05, 0.1) is 10.8 Å². The Morgan fingerprint density at radius 3 is 2.53 bits per heavy atom. The lowest BCUT2D eigenvalue weighted by molar-refractivity contribution is -0.131. The van der Waals surface area contributed by atoms with Gasteiger partial charge in [0.2, 0.25) is 0 Å². The monoisotopic (exact) mass is 270 g/mol. The van der Waals surface area contributed by atoms with Gasteiger partial charge in [-0.1, -0.05) is 29.8 Å². The average Bonchev–Trinajstić information content (AvgIpc) is 2.29. The average molecular weight is 271 g/mol. The second-order valence-electron chi connectivity index (χ2n) is 3.09. The quantitative estimate of drug-likeness (QED) is 0.661. The summed E-state index contributed by atoms with van der Waals surface area (Å²) in [6.45, 7) is 0. The van der Waals surface area contributed by atoms with E-state index in [1.807, 2.05) is 0 Å². The first-order chi connectivity index (χ1) is 8.09. The number of hydrogen-bond donors (Lipinski definition) is 1. The predicted octanol–water partition coefficient (Wildman–Crippen LogP) is 2.64. The molecule has 0 aliphatic carbocycles. The van der Waals surface area contributed by atoms with Crippen LogP contribution in [0.25, 0.3) is 0 Å². The zero-order chi connectivity index (χ0) is 12.7. The van der Waals surface area contributed by atoms with E-state index in [0.29, 0.717) is 15.7 Å². The highest BCUT2D eigenvalue weighted by Gasteiger charge is 2.00. The fraction of sp³-hybridized carbons (Fsp3) is 0.0833.